The van der Waals surface area contributed by atoms with Crippen molar-refractivity contribution in [2.75, 3.05) is 25.0 Å². The van der Waals surface area contributed by atoms with Gasteiger partial charge in [-0.3, -0.25) is 14.4 Å². The first-order valence-electron chi connectivity index (χ1n) is 9.35. The number of rotatable bonds is 6. The second kappa shape index (κ2) is 8.14. The maximum Gasteiger partial charge on any atom is 0.248 e. The summed E-state index contributed by atoms with van der Waals surface area (Å²) in [7, 11) is 0. The number of primary amides is 1. The van der Waals surface area contributed by atoms with Gasteiger partial charge in [-0.25, -0.2) is 0 Å². The number of thiocarbonyl (C=S) groups is 1. The van der Waals surface area contributed by atoms with E-state index >= 15 is 0 Å². The number of likely N-dealkylation sites (tertiary alicyclic amines) is 1. The number of nitrogens with zero attached hydrogens (tertiary/aromatic N) is 1. The van der Waals surface area contributed by atoms with Gasteiger partial charge >= 0.3 is 0 Å². The Labute approximate surface area is 169 Å². The molecule has 0 radical (unpaired) electrons. The number of hydrogen-bond donors (Lipinski definition) is 4. The van der Waals surface area contributed by atoms with Crippen LogP contribution < -0.4 is 21.7 Å². The lowest BCUT2D eigenvalue weighted by atomic mass is 10.0. The van der Waals surface area contributed by atoms with Crippen LogP contribution in [0, 0.1) is 5.41 Å². The molecule has 0 unspecified atom stereocenters. The Bertz CT molecular complexity index is 809. The summed E-state index contributed by atoms with van der Waals surface area (Å²) in [5, 5.41) is 9.05. The van der Waals surface area contributed by atoms with Gasteiger partial charge in [0.1, 0.15) is 6.04 Å². The Kier molecular flexibility index (Phi) is 5.83. The molecule has 5 N–H and O–H groups in total. The Balaban J connectivity index is 1.67. The van der Waals surface area contributed by atoms with E-state index in [0.717, 1.165) is 12.8 Å². The van der Waals surface area contributed by atoms with Crippen molar-refractivity contribution in [2.24, 2.45) is 11.1 Å². The van der Waals surface area contributed by atoms with E-state index in [-0.39, 0.29) is 23.8 Å². The predicted molar refractivity (Wildman–Crippen MR) is 110 cm³/mol. The SMILES string of the molecule is CCNC(=S)NCC(=O)N1CC2(CC2)C[C@@H]1C(=O)Nc1cccc(C(N)=O)c1. The normalized spacial score (nSPS) is 19.2. The van der Waals surface area contributed by atoms with Crippen molar-refractivity contribution in [3.8, 4) is 0 Å². The zero-order valence-corrected chi connectivity index (χ0v) is 16.6. The Hall–Kier alpha value is -2.68. The van der Waals surface area contributed by atoms with E-state index in [1.807, 2.05) is 6.92 Å². The number of amides is 3. The topological polar surface area (TPSA) is 117 Å². The first-order valence-corrected chi connectivity index (χ1v) is 9.76. The highest BCUT2D eigenvalue weighted by Crippen LogP contribution is 2.54. The highest BCUT2D eigenvalue weighted by atomic mass is 32.1. The average molecular weight is 404 g/mol. The molecule has 1 saturated heterocycles. The van der Waals surface area contributed by atoms with Crippen molar-refractivity contribution in [1.82, 2.24) is 15.5 Å². The van der Waals surface area contributed by atoms with Gasteiger partial charge in [-0.05, 0) is 62.0 Å². The molecule has 28 heavy (non-hydrogen) atoms. The minimum Gasteiger partial charge on any atom is -0.366 e. The molecule has 0 aromatic heterocycles. The molecule has 1 aliphatic carbocycles. The molecule has 0 bridgehead atoms. The fourth-order valence-electron chi connectivity index (χ4n) is 3.55. The van der Waals surface area contributed by atoms with Crippen molar-refractivity contribution in [2.45, 2.75) is 32.2 Å². The van der Waals surface area contributed by atoms with Crippen LogP contribution in [-0.2, 0) is 9.59 Å². The van der Waals surface area contributed by atoms with Gasteiger partial charge in [-0.15, -0.1) is 0 Å². The summed E-state index contributed by atoms with van der Waals surface area (Å²) in [6, 6.07) is 5.92. The van der Waals surface area contributed by atoms with Gasteiger partial charge in [0.15, 0.2) is 5.11 Å². The van der Waals surface area contributed by atoms with Crippen molar-refractivity contribution < 1.29 is 14.4 Å². The number of nitrogens with one attached hydrogen (secondary N) is 3. The van der Waals surface area contributed by atoms with E-state index in [4.69, 9.17) is 18.0 Å². The summed E-state index contributed by atoms with van der Waals surface area (Å²) in [6.07, 6.45) is 2.71. The largest absolute Gasteiger partial charge is 0.366 e. The van der Waals surface area contributed by atoms with Crippen LogP contribution in [0.4, 0.5) is 5.69 Å². The molecule has 2 fully saturated rings. The zero-order valence-electron chi connectivity index (χ0n) is 15.8. The van der Waals surface area contributed by atoms with Gasteiger partial charge < -0.3 is 26.6 Å². The van der Waals surface area contributed by atoms with Crippen LogP contribution in [0.5, 0.6) is 0 Å². The van der Waals surface area contributed by atoms with Crippen LogP contribution >= 0.6 is 12.2 Å². The second-order valence-corrected chi connectivity index (χ2v) is 7.80. The number of nitrogens with two attached hydrogens (primary N) is 1. The molecule has 3 amide bonds. The zero-order chi connectivity index (χ0) is 20.3. The lowest BCUT2D eigenvalue weighted by molar-refractivity contribution is -0.135. The lowest BCUT2D eigenvalue weighted by Crippen LogP contribution is -2.48. The monoisotopic (exact) mass is 403 g/mol. The maximum absolute atomic E-state index is 12.9. The van der Waals surface area contributed by atoms with Crippen LogP contribution in [0.25, 0.3) is 0 Å². The van der Waals surface area contributed by atoms with E-state index in [0.29, 0.717) is 35.9 Å². The summed E-state index contributed by atoms with van der Waals surface area (Å²) in [6.45, 7) is 3.21. The standard InChI is InChI=1S/C19H25N5O3S/c1-2-21-18(28)22-10-15(25)24-11-19(6-7-19)9-14(24)17(27)23-13-5-3-4-12(8-13)16(20)26/h3-5,8,14H,2,6-7,9-11H2,1H3,(H2,20,26)(H,23,27)(H2,21,22,28)/t14-/m1/s1. The molecule has 1 atom stereocenters. The molecule has 1 aromatic rings. The highest BCUT2D eigenvalue weighted by Gasteiger charge is 2.55. The first-order chi connectivity index (χ1) is 13.3. The highest BCUT2D eigenvalue weighted by molar-refractivity contribution is 7.80. The van der Waals surface area contributed by atoms with Gasteiger partial charge in [-0.2, -0.15) is 0 Å². The number of carbonyl (C=O) groups is 3. The van der Waals surface area contributed by atoms with E-state index in [9.17, 15) is 14.4 Å². The molecular formula is C19H25N5O3S. The molecule has 1 aliphatic heterocycles. The molecule has 2 aliphatic rings. The van der Waals surface area contributed by atoms with Crippen molar-refractivity contribution in [3.63, 3.8) is 0 Å². The fraction of sp³-hybridized carbons (Fsp3) is 0.474. The molecular weight excluding hydrogens is 378 g/mol. The van der Waals surface area contributed by atoms with Crippen LogP contribution in [0.2, 0.25) is 0 Å². The van der Waals surface area contributed by atoms with Gasteiger partial charge in [0.2, 0.25) is 17.7 Å². The number of anilines is 1. The summed E-state index contributed by atoms with van der Waals surface area (Å²) < 4.78 is 0. The first kappa shape index (κ1) is 20.1. The van der Waals surface area contributed by atoms with Crippen molar-refractivity contribution in [1.29, 1.82) is 0 Å². The summed E-state index contributed by atoms with van der Waals surface area (Å²) in [4.78, 5) is 38.6. The number of carbonyl (C=O) groups excluding carboxylic acids is 3. The molecule has 1 spiro atoms. The fourth-order valence-corrected chi connectivity index (χ4v) is 3.76. The molecule has 1 saturated carbocycles. The van der Waals surface area contributed by atoms with E-state index in [2.05, 4.69) is 16.0 Å². The third-order valence-electron chi connectivity index (χ3n) is 5.24. The molecule has 1 aromatic carbocycles. The quantitative estimate of drug-likeness (QED) is 0.517. The van der Waals surface area contributed by atoms with Crippen LogP contribution in [0.1, 0.15) is 36.5 Å². The third-order valence-corrected chi connectivity index (χ3v) is 5.53. The summed E-state index contributed by atoms with van der Waals surface area (Å²) in [5.41, 5.74) is 6.16. The summed E-state index contributed by atoms with van der Waals surface area (Å²) in [5.74, 6) is -0.975. The maximum atomic E-state index is 12.9. The van der Waals surface area contributed by atoms with E-state index < -0.39 is 11.9 Å². The summed E-state index contributed by atoms with van der Waals surface area (Å²) >= 11 is 5.09. The molecule has 1 heterocycles. The Morgan fingerprint density at radius 1 is 1.29 bits per heavy atom. The van der Waals surface area contributed by atoms with Gasteiger partial charge in [-0.1, -0.05) is 6.07 Å². The Morgan fingerprint density at radius 2 is 2.04 bits per heavy atom. The smallest absolute Gasteiger partial charge is 0.248 e. The van der Waals surface area contributed by atoms with Crippen LogP contribution in [-0.4, -0.2) is 53.4 Å². The Morgan fingerprint density at radius 3 is 2.68 bits per heavy atom. The average Bonchev–Trinajstić information content (AvgIpc) is 3.30. The molecule has 150 valence electrons. The number of benzene rings is 1. The molecule has 3 rings (SSSR count). The van der Waals surface area contributed by atoms with Gasteiger partial charge in [0, 0.05) is 24.3 Å². The minimum absolute atomic E-state index is 0.0445. The van der Waals surface area contributed by atoms with Crippen molar-refractivity contribution in [3.05, 3.63) is 29.8 Å². The lowest BCUT2D eigenvalue weighted by Gasteiger charge is -2.24. The second-order valence-electron chi connectivity index (χ2n) is 7.39. The molecule has 9 heteroatoms. The van der Waals surface area contributed by atoms with Crippen molar-refractivity contribution >= 4 is 40.7 Å². The minimum atomic E-state index is -0.562. The number of hydrogen-bond acceptors (Lipinski definition) is 4. The third kappa shape index (κ3) is 4.59. The van der Waals surface area contributed by atoms with Crippen LogP contribution in [0.15, 0.2) is 24.3 Å². The van der Waals surface area contributed by atoms with E-state index in [1.165, 1.54) is 6.07 Å². The van der Waals surface area contributed by atoms with E-state index in [1.54, 1.807) is 23.1 Å². The van der Waals surface area contributed by atoms with Gasteiger partial charge in [0.25, 0.3) is 0 Å². The molecule has 8 nitrogen and oxygen atoms in total. The predicted octanol–water partition coefficient (Wildman–Crippen LogP) is 0.589. The van der Waals surface area contributed by atoms with Crippen LogP contribution in [0.3, 0.4) is 0 Å². The van der Waals surface area contributed by atoms with Gasteiger partial charge in [0.05, 0.1) is 6.54 Å².